The summed E-state index contributed by atoms with van der Waals surface area (Å²) < 4.78 is 0. The lowest BCUT2D eigenvalue weighted by Gasteiger charge is -2.26. The van der Waals surface area contributed by atoms with Gasteiger partial charge in [-0.05, 0) is 65.6 Å². The van der Waals surface area contributed by atoms with E-state index in [9.17, 15) is 9.59 Å². The highest BCUT2D eigenvalue weighted by atomic mass is 32.2. The number of anilines is 2. The quantitative estimate of drug-likeness (QED) is 0.385. The van der Waals surface area contributed by atoms with Crippen LogP contribution in [0.4, 0.5) is 11.4 Å². The Hall–Kier alpha value is -3.57. The lowest BCUT2D eigenvalue weighted by molar-refractivity contribution is -0.115. The molecular weight excluding hydrogens is 428 g/mol. The normalized spacial score (nSPS) is 15.8. The minimum atomic E-state index is -0.137. The summed E-state index contributed by atoms with van der Waals surface area (Å²) in [6.45, 7) is 4.12. The molecule has 0 saturated carbocycles. The van der Waals surface area contributed by atoms with Crippen molar-refractivity contribution >= 4 is 45.7 Å². The van der Waals surface area contributed by atoms with Crippen LogP contribution in [0, 0.1) is 13.8 Å². The molecule has 0 bridgehead atoms. The summed E-state index contributed by atoms with van der Waals surface area (Å²) in [5.74, 6) is 0.437. The Balaban J connectivity index is 1.38. The van der Waals surface area contributed by atoms with Gasteiger partial charge in [-0.2, -0.15) is 0 Å². The molecule has 0 aromatic heterocycles. The van der Waals surface area contributed by atoms with Crippen LogP contribution in [0.3, 0.4) is 0 Å². The standard InChI is InChI=1S/C28H24N2O2S/c1-18-7-5-12-25(19(18)2)30-26(31)17-33-28(30)21-13-15-22(16-14-21)29-27(32)24-11-6-9-20-8-3-4-10-23(20)24/h3-16,28H,17H2,1-2H3,(H,29,32)/t28-/m0/s1. The van der Waals surface area contributed by atoms with E-state index in [-0.39, 0.29) is 17.2 Å². The highest BCUT2D eigenvalue weighted by molar-refractivity contribution is 8.00. The largest absolute Gasteiger partial charge is 0.322 e. The molecule has 1 aliphatic heterocycles. The van der Waals surface area contributed by atoms with Crippen molar-refractivity contribution in [3.8, 4) is 0 Å². The maximum absolute atomic E-state index is 13.0. The number of carbonyl (C=O) groups is 2. The lowest BCUT2D eigenvalue weighted by Crippen LogP contribution is -2.28. The SMILES string of the molecule is Cc1cccc(N2C(=O)CS[C@H]2c2ccc(NC(=O)c3cccc4ccccc34)cc2)c1C. The molecule has 4 aromatic carbocycles. The van der Waals surface area contributed by atoms with Crippen molar-refractivity contribution < 1.29 is 9.59 Å². The Morgan fingerprint density at radius 1 is 0.909 bits per heavy atom. The molecule has 1 saturated heterocycles. The fourth-order valence-electron chi connectivity index (χ4n) is 4.28. The van der Waals surface area contributed by atoms with Crippen molar-refractivity contribution in [3.63, 3.8) is 0 Å². The molecule has 1 fully saturated rings. The van der Waals surface area contributed by atoms with Crippen LogP contribution in [-0.2, 0) is 4.79 Å². The van der Waals surface area contributed by atoms with Gasteiger partial charge in [0.05, 0.1) is 5.75 Å². The Kier molecular flexibility index (Phi) is 5.65. The molecule has 5 rings (SSSR count). The van der Waals surface area contributed by atoms with Crippen LogP contribution in [-0.4, -0.2) is 17.6 Å². The summed E-state index contributed by atoms with van der Waals surface area (Å²) in [6, 6.07) is 27.5. The van der Waals surface area contributed by atoms with Crippen LogP contribution in [0.25, 0.3) is 10.8 Å². The number of benzene rings is 4. The average molecular weight is 453 g/mol. The van der Waals surface area contributed by atoms with Crippen molar-refractivity contribution in [1.82, 2.24) is 0 Å². The number of hydrogen-bond acceptors (Lipinski definition) is 3. The fraction of sp³-hybridized carbons (Fsp3) is 0.143. The number of rotatable bonds is 4. The lowest BCUT2D eigenvalue weighted by atomic mass is 10.0. The second-order valence-electron chi connectivity index (χ2n) is 8.25. The molecular formula is C28H24N2O2S. The van der Waals surface area contributed by atoms with E-state index in [0.717, 1.165) is 33.3 Å². The second kappa shape index (κ2) is 8.75. The van der Waals surface area contributed by atoms with Crippen LogP contribution >= 0.6 is 11.8 Å². The van der Waals surface area contributed by atoms with E-state index in [2.05, 4.69) is 25.2 Å². The summed E-state index contributed by atoms with van der Waals surface area (Å²) in [4.78, 5) is 27.6. The number of carbonyl (C=O) groups excluding carboxylic acids is 2. The zero-order chi connectivity index (χ0) is 22.9. The van der Waals surface area contributed by atoms with Gasteiger partial charge in [0.25, 0.3) is 5.91 Å². The predicted molar refractivity (Wildman–Crippen MR) is 137 cm³/mol. The zero-order valence-corrected chi connectivity index (χ0v) is 19.4. The van der Waals surface area contributed by atoms with Gasteiger partial charge in [-0.3, -0.25) is 14.5 Å². The van der Waals surface area contributed by atoms with Crippen LogP contribution in [0.5, 0.6) is 0 Å². The highest BCUT2D eigenvalue weighted by Gasteiger charge is 2.34. The molecule has 2 amide bonds. The number of thioether (sulfide) groups is 1. The number of fused-ring (bicyclic) bond motifs is 1. The third-order valence-electron chi connectivity index (χ3n) is 6.19. The number of amides is 2. The van der Waals surface area contributed by atoms with E-state index in [1.807, 2.05) is 83.8 Å². The molecule has 1 atom stereocenters. The Labute approximate surface area is 197 Å². The van der Waals surface area contributed by atoms with E-state index in [4.69, 9.17) is 0 Å². The van der Waals surface area contributed by atoms with Crippen molar-refractivity contribution in [2.24, 2.45) is 0 Å². The van der Waals surface area contributed by atoms with Crippen molar-refractivity contribution in [1.29, 1.82) is 0 Å². The second-order valence-corrected chi connectivity index (χ2v) is 9.32. The monoisotopic (exact) mass is 452 g/mol. The van der Waals surface area contributed by atoms with Gasteiger partial charge in [0.15, 0.2) is 0 Å². The molecule has 0 unspecified atom stereocenters. The van der Waals surface area contributed by atoms with Crippen LogP contribution in [0.15, 0.2) is 84.9 Å². The molecule has 1 N–H and O–H groups in total. The first-order valence-electron chi connectivity index (χ1n) is 10.9. The fourth-order valence-corrected chi connectivity index (χ4v) is 5.45. The first-order chi connectivity index (χ1) is 16.0. The molecule has 5 heteroatoms. The summed E-state index contributed by atoms with van der Waals surface area (Å²) in [5.41, 5.74) is 5.66. The third-order valence-corrected chi connectivity index (χ3v) is 7.40. The third kappa shape index (κ3) is 4.00. The Morgan fingerprint density at radius 3 is 2.45 bits per heavy atom. The van der Waals surface area contributed by atoms with Crippen molar-refractivity contribution in [3.05, 3.63) is 107 Å². The van der Waals surface area contributed by atoms with Crippen molar-refractivity contribution in [2.45, 2.75) is 19.2 Å². The van der Waals surface area contributed by atoms with Gasteiger partial charge in [0.1, 0.15) is 5.37 Å². The predicted octanol–water partition coefficient (Wildman–Crippen LogP) is 6.49. The van der Waals surface area contributed by atoms with Gasteiger partial charge < -0.3 is 5.32 Å². The van der Waals surface area contributed by atoms with Gasteiger partial charge >= 0.3 is 0 Å². The molecule has 0 aliphatic carbocycles. The molecule has 4 nitrogen and oxygen atoms in total. The van der Waals surface area contributed by atoms with E-state index in [1.165, 1.54) is 5.56 Å². The average Bonchev–Trinajstić information content (AvgIpc) is 3.22. The van der Waals surface area contributed by atoms with E-state index in [1.54, 1.807) is 11.8 Å². The van der Waals surface area contributed by atoms with E-state index >= 15 is 0 Å². The molecule has 164 valence electrons. The Bertz CT molecular complexity index is 1360. The van der Waals surface area contributed by atoms with Crippen LogP contribution < -0.4 is 10.2 Å². The molecule has 0 radical (unpaired) electrons. The van der Waals surface area contributed by atoms with Gasteiger partial charge in [0.2, 0.25) is 5.91 Å². The number of aryl methyl sites for hydroxylation is 1. The van der Waals surface area contributed by atoms with Gasteiger partial charge in [0, 0.05) is 16.9 Å². The summed E-state index contributed by atoms with van der Waals surface area (Å²) >= 11 is 1.63. The summed E-state index contributed by atoms with van der Waals surface area (Å²) in [7, 11) is 0. The minimum Gasteiger partial charge on any atom is -0.322 e. The number of nitrogens with one attached hydrogen (secondary N) is 1. The number of hydrogen-bond donors (Lipinski definition) is 1. The van der Waals surface area contributed by atoms with Gasteiger partial charge in [-0.15, -0.1) is 11.8 Å². The van der Waals surface area contributed by atoms with Gasteiger partial charge in [-0.25, -0.2) is 0 Å². The molecule has 33 heavy (non-hydrogen) atoms. The maximum atomic E-state index is 13.0. The Morgan fingerprint density at radius 2 is 1.64 bits per heavy atom. The highest BCUT2D eigenvalue weighted by Crippen LogP contribution is 2.43. The molecule has 4 aromatic rings. The minimum absolute atomic E-state index is 0.0826. The van der Waals surface area contributed by atoms with Crippen molar-refractivity contribution in [2.75, 3.05) is 16.0 Å². The first kappa shape index (κ1) is 21.3. The zero-order valence-electron chi connectivity index (χ0n) is 18.5. The smallest absolute Gasteiger partial charge is 0.256 e. The summed E-state index contributed by atoms with van der Waals surface area (Å²) in [6.07, 6.45) is 0. The number of nitrogens with zero attached hydrogens (tertiary/aromatic N) is 1. The first-order valence-corrected chi connectivity index (χ1v) is 12.0. The molecule has 1 heterocycles. The molecule has 1 aliphatic rings. The van der Waals surface area contributed by atoms with Crippen LogP contribution in [0.1, 0.15) is 32.4 Å². The maximum Gasteiger partial charge on any atom is 0.256 e. The van der Waals surface area contributed by atoms with E-state index in [0.29, 0.717) is 11.3 Å². The summed E-state index contributed by atoms with van der Waals surface area (Å²) in [5, 5.41) is 4.89. The topological polar surface area (TPSA) is 49.4 Å². The van der Waals surface area contributed by atoms with E-state index < -0.39 is 0 Å². The van der Waals surface area contributed by atoms with Crippen LogP contribution in [0.2, 0.25) is 0 Å². The molecule has 0 spiro atoms. The van der Waals surface area contributed by atoms with Gasteiger partial charge in [-0.1, -0.05) is 60.7 Å².